The highest BCUT2D eigenvalue weighted by Gasteiger charge is 2.33. The van der Waals surface area contributed by atoms with Gasteiger partial charge >= 0.3 is 0 Å². The maximum atomic E-state index is 9.74. The summed E-state index contributed by atoms with van der Waals surface area (Å²) in [6.07, 6.45) is 0.977. The van der Waals surface area contributed by atoms with Crippen LogP contribution in [0.25, 0.3) is 0 Å². The van der Waals surface area contributed by atoms with Crippen LogP contribution in [-0.4, -0.2) is 71.4 Å². The molecular weight excluding hydrogens is 250 g/mol. The molecule has 1 heterocycles. The first-order valence-corrected chi connectivity index (χ1v) is 8.03. The van der Waals surface area contributed by atoms with Crippen molar-refractivity contribution < 1.29 is 5.11 Å². The van der Waals surface area contributed by atoms with Crippen LogP contribution in [0.5, 0.6) is 0 Å². The molecule has 0 radical (unpaired) electrons. The molecule has 0 bridgehead atoms. The van der Waals surface area contributed by atoms with Crippen molar-refractivity contribution in [1.29, 1.82) is 0 Å². The monoisotopic (exact) mass is 285 g/mol. The second-order valence-corrected chi connectivity index (χ2v) is 7.39. The van der Waals surface area contributed by atoms with E-state index in [1.165, 1.54) is 0 Å². The molecule has 0 aromatic carbocycles. The molecule has 0 aliphatic carbocycles. The smallest absolute Gasteiger partial charge is 0.0611 e. The zero-order valence-electron chi connectivity index (χ0n) is 14.5. The lowest BCUT2D eigenvalue weighted by Crippen LogP contribution is -2.59. The number of nitrogens with zero attached hydrogens (tertiary/aromatic N) is 2. The Morgan fingerprint density at radius 1 is 1.20 bits per heavy atom. The molecule has 0 spiro atoms. The maximum absolute atomic E-state index is 9.74. The first-order chi connectivity index (χ1) is 9.18. The van der Waals surface area contributed by atoms with Gasteiger partial charge in [-0.15, -0.1) is 0 Å². The van der Waals surface area contributed by atoms with Gasteiger partial charge in [-0.1, -0.05) is 13.8 Å². The quantitative estimate of drug-likeness (QED) is 0.776. The van der Waals surface area contributed by atoms with E-state index in [0.717, 1.165) is 19.5 Å². The van der Waals surface area contributed by atoms with E-state index in [1.54, 1.807) is 0 Å². The van der Waals surface area contributed by atoms with Crippen molar-refractivity contribution in [2.75, 3.05) is 26.7 Å². The third-order valence-electron chi connectivity index (χ3n) is 4.74. The van der Waals surface area contributed by atoms with Gasteiger partial charge in [0.05, 0.1) is 6.61 Å². The Balaban J connectivity index is 2.63. The molecule has 120 valence electrons. The molecule has 4 nitrogen and oxygen atoms in total. The van der Waals surface area contributed by atoms with Crippen molar-refractivity contribution >= 4 is 0 Å². The minimum atomic E-state index is -0.191. The predicted molar refractivity (Wildman–Crippen MR) is 86.1 cm³/mol. The summed E-state index contributed by atoms with van der Waals surface area (Å²) in [5, 5.41) is 13.3. The fourth-order valence-corrected chi connectivity index (χ4v) is 3.45. The number of nitrogens with one attached hydrogen (secondary N) is 1. The van der Waals surface area contributed by atoms with Gasteiger partial charge in [0.15, 0.2) is 0 Å². The minimum Gasteiger partial charge on any atom is -0.394 e. The lowest BCUT2D eigenvalue weighted by molar-refractivity contribution is 0.0225. The van der Waals surface area contributed by atoms with Gasteiger partial charge in [-0.3, -0.25) is 9.80 Å². The van der Waals surface area contributed by atoms with E-state index >= 15 is 0 Å². The lowest BCUT2D eigenvalue weighted by Gasteiger charge is -2.46. The van der Waals surface area contributed by atoms with E-state index in [1.807, 2.05) is 0 Å². The summed E-state index contributed by atoms with van der Waals surface area (Å²) in [4.78, 5) is 5.03. The molecule has 1 fully saturated rings. The highest BCUT2D eigenvalue weighted by atomic mass is 16.3. The van der Waals surface area contributed by atoms with Crippen LogP contribution in [0.2, 0.25) is 0 Å². The SMILES string of the molecule is CC(C)NC(C)(CO)CC(C)N1CC(C)N(C)C(C)C1. The second kappa shape index (κ2) is 7.21. The largest absolute Gasteiger partial charge is 0.394 e. The summed E-state index contributed by atoms with van der Waals surface area (Å²) in [6, 6.07) is 2.07. The number of rotatable bonds is 6. The number of likely N-dealkylation sites (N-methyl/N-ethyl adjacent to an activating group) is 1. The Hall–Kier alpha value is -0.160. The summed E-state index contributed by atoms with van der Waals surface area (Å²) in [5.41, 5.74) is -0.191. The van der Waals surface area contributed by atoms with E-state index in [9.17, 15) is 5.11 Å². The molecule has 4 heteroatoms. The summed E-state index contributed by atoms with van der Waals surface area (Å²) in [6.45, 7) is 15.7. The molecule has 0 aromatic rings. The summed E-state index contributed by atoms with van der Waals surface area (Å²) in [7, 11) is 2.22. The van der Waals surface area contributed by atoms with E-state index in [0.29, 0.717) is 24.2 Å². The number of hydrogen-bond donors (Lipinski definition) is 2. The molecule has 2 N–H and O–H groups in total. The Morgan fingerprint density at radius 2 is 1.70 bits per heavy atom. The Kier molecular flexibility index (Phi) is 6.45. The molecule has 0 saturated carbocycles. The van der Waals surface area contributed by atoms with Crippen LogP contribution in [0.1, 0.15) is 48.0 Å². The van der Waals surface area contributed by atoms with Crippen molar-refractivity contribution in [1.82, 2.24) is 15.1 Å². The normalized spacial score (nSPS) is 30.4. The van der Waals surface area contributed by atoms with Gasteiger partial charge in [-0.25, -0.2) is 0 Å². The van der Waals surface area contributed by atoms with Gasteiger partial charge in [0.2, 0.25) is 0 Å². The Morgan fingerprint density at radius 3 is 2.10 bits per heavy atom. The highest BCUT2D eigenvalue weighted by molar-refractivity contribution is 4.91. The fourth-order valence-electron chi connectivity index (χ4n) is 3.45. The number of aliphatic hydroxyl groups excluding tert-OH is 1. The van der Waals surface area contributed by atoms with Crippen molar-refractivity contribution in [3.63, 3.8) is 0 Å². The summed E-state index contributed by atoms with van der Waals surface area (Å²) < 4.78 is 0. The van der Waals surface area contributed by atoms with Gasteiger partial charge in [-0.05, 0) is 41.2 Å². The third-order valence-corrected chi connectivity index (χ3v) is 4.74. The molecule has 1 aliphatic heterocycles. The zero-order valence-corrected chi connectivity index (χ0v) is 14.5. The number of piperazine rings is 1. The fraction of sp³-hybridized carbons (Fsp3) is 1.00. The van der Waals surface area contributed by atoms with E-state index in [4.69, 9.17) is 0 Å². The standard InChI is InChI=1S/C16H35N3O/c1-12(2)17-16(6,11-20)8-13(3)19-9-14(4)18(7)15(5)10-19/h12-15,17,20H,8-11H2,1-7H3. The zero-order chi connectivity index (χ0) is 15.5. The molecule has 0 aromatic heterocycles. The number of hydrogen-bond acceptors (Lipinski definition) is 4. The molecule has 1 saturated heterocycles. The number of aliphatic hydroxyl groups is 1. The predicted octanol–water partition coefficient (Wildman–Crippen LogP) is 1.54. The Labute approximate surface area is 125 Å². The van der Waals surface area contributed by atoms with Crippen molar-refractivity contribution in [3.8, 4) is 0 Å². The molecule has 1 aliphatic rings. The second-order valence-electron chi connectivity index (χ2n) is 7.39. The van der Waals surface area contributed by atoms with Crippen molar-refractivity contribution in [2.45, 2.75) is 77.7 Å². The van der Waals surface area contributed by atoms with Crippen LogP contribution in [0.3, 0.4) is 0 Å². The van der Waals surface area contributed by atoms with Gasteiger partial charge in [-0.2, -0.15) is 0 Å². The molecule has 4 unspecified atom stereocenters. The van der Waals surface area contributed by atoms with Crippen LogP contribution < -0.4 is 5.32 Å². The first kappa shape index (κ1) is 17.9. The molecule has 1 rings (SSSR count). The van der Waals surface area contributed by atoms with Gasteiger partial charge in [0.1, 0.15) is 0 Å². The van der Waals surface area contributed by atoms with Crippen LogP contribution >= 0.6 is 0 Å². The summed E-state index contributed by atoms with van der Waals surface area (Å²) >= 11 is 0. The van der Waals surface area contributed by atoms with Crippen LogP contribution in [-0.2, 0) is 0 Å². The molecule has 4 atom stereocenters. The molecular formula is C16H35N3O. The lowest BCUT2D eigenvalue weighted by atomic mass is 9.92. The highest BCUT2D eigenvalue weighted by Crippen LogP contribution is 2.21. The first-order valence-electron chi connectivity index (χ1n) is 8.03. The van der Waals surface area contributed by atoms with Crippen molar-refractivity contribution in [2.24, 2.45) is 0 Å². The summed E-state index contributed by atoms with van der Waals surface area (Å²) in [5.74, 6) is 0. The van der Waals surface area contributed by atoms with Gasteiger partial charge in [0.25, 0.3) is 0 Å². The topological polar surface area (TPSA) is 38.7 Å². The molecule has 20 heavy (non-hydrogen) atoms. The van der Waals surface area contributed by atoms with Gasteiger partial charge in [0, 0.05) is 42.8 Å². The van der Waals surface area contributed by atoms with Crippen LogP contribution in [0.4, 0.5) is 0 Å². The molecule has 0 amide bonds. The van der Waals surface area contributed by atoms with Gasteiger partial charge < -0.3 is 10.4 Å². The minimum absolute atomic E-state index is 0.189. The van der Waals surface area contributed by atoms with Crippen LogP contribution in [0.15, 0.2) is 0 Å². The van der Waals surface area contributed by atoms with Crippen LogP contribution in [0, 0.1) is 0 Å². The maximum Gasteiger partial charge on any atom is 0.0611 e. The average Bonchev–Trinajstić information content (AvgIpc) is 2.34. The average molecular weight is 285 g/mol. The third kappa shape index (κ3) is 4.69. The Bertz CT molecular complexity index is 285. The van der Waals surface area contributed by atoms with Crippen molar-refractivity contribution in [3.05, 3.63) is 0 Å². The van der Waals surface area contributed by atoms with E-state index in [-0.39, 0.29) is 12.1 Å². The van der Waals surface area contributed by atoms with E-state index < -0.39 is 0 Å². The van der Waals surface area contributed by atoms with E-state index in [2.05, 4.69) is 63.7 Å².